The fourth-order valence-corrected chi connectivity index (χ4v) is 4.36. The first kappa shape index (κ1) is 27.7. The van der Waals surface area contributed by atoms with Crippen molar-refractivity contribution in [2.75, 3.05) is 70.4 Å². The Bertz CT molecular complexity index is 1220. The molecule has 202 valence electrons. The fourth-order valence-electron chi connectivity index (χ4n) is 4.05. The van der Waals surface area contributed by atoms with Gasteiger partial charge in [-0.25, -0.2) is 9.97 Å². The highest BCUT2D eigenvalue weighted by molar-refractivity contribution is 7.98. The van der Waals surface area contributed by atoms with Crippen molar-refractivity contribution in [3.8, 4) is 11.5 Å². The Morgan fingerprint density at radius 2 is 1.97 bits per heavy atom. The number of methoxy groups -OCH3 is 1. The smallest absolute Gasteiger partial charge is 0.244 e. The van der Waals surface area contributed by atoms with Crippen LogP contribution in [0.3, 0.4) is 0 Å². The summed E-state index contributed by atoms with van der Waals surface area (Å²) in [6, 6.07) is 11.6. The molecule has 1 aliphatic rings. The number of nitrogens with one attached hydrogen (secondary N) is 2. The molecular weight excluding hydrogens is 502 g/mol. The molecule has 0 unspecified atom stereocenters. The number of benzene rings is 2. The molecule has 0 saturated carbocycles. The van der Waals surface area contributed by atoms with Gasteiger partial charge in [-0.15, -0.1) is 0 Å². The summed E-state index contributed by atoms with van der Waals surface area (Å²) in [7, 11) is 1.63. The van der Waals surface area contributed by atoms with Gasteiger partial charge in [0.15, 0.2) is 11.5 Å². The van der Waals surface area contributed by atoms with Gasteiger partial charge < -0.3 is 24.8 Å². The zero-order valence-corrected chi connectivity index (χ0v) is 22.8. The van der Waals surface area contributed by atoms with Crippen LogP contribution in [0.1, 0.15) is 12.0 Å². The molecule has 1 amide bonds. The molecule has 2 aromatic carbocycles. The van der Waals surface area contributed by atoms with E-state index >= 15 is 0 Å². The van der Waals surface area contributed by atoms with Crippen molar-refractivity contribution in [1.29, 1.82) is 0 Å². The molecule has 0 aliphatic carbocycles. The Balaban J connectivity index is 1.38. The molecule has 1 aliphatic heterocycles. The van der Waals surface area contributed by atoms with Crippen molar-refractivity contribution < 1.29 is 19.0 Å². The highest BCUT2D eigenvalue weighted by atomic mass is 32.2. The van der Waals surface area contributed by atoms with Gasteiger partial charge in [-0.3, -0.25) is 9.69 Å². The van der Waals surface area contributed by atoms with Gasteiger partial charge in [0.1, 0.15) is 12.1 Å². The molecule has 0 atom stereocenters. The molecule has 38 heavy (non-hydrogen) atoms. The van der Waals surface area contributed by atoms with Crippen LogP contribution in [0.15, 0.2) is 48.8 Å². The summed E-state index contributed by atoms with van der Waals surface area (Å²) in [6.07, 6.45) is 7.82. The van der Waals surface area contributed by atoms with E-state index in [-0.39, 0.29) is 5.91 Å². The normalized spacial score (nSPS) is 14.1. The Labute approximate surface area is 228 Å². The third-order valence-electron chi connectivity index (χ3n) is 6.11. The fraction of sp³-hybridized carbons (Fsp3) is 0.393. The summed E-state index contributed by atoms with van der Waals surface area (Å²) in [5.74, 6) is 2.78. The molecule has 0 spiro atoms. The van der Waals surface area contributed by atoms with E-state index in [1.165, 1.54) is 6.33 Å². The van der Waals surface area contributed by atoms with Crippen molar-refractivity contribution in [2.24, 2.45) is 0 Å². The summed E-state index contributed by atoms with van der Waals surface area (Å²) in [5.41, 5.74) is 2.56. The quantitative estimate of drug-likeness (QED) is 0.248. The number of rotatable bonds is 13. The lowest BCUT2D eigenvalue weighted by molar-refractivity contribution is -0.116. The number of anilines is 2. The number of carbonyl (C=O) groups excluding carboxylic acids is 1. The lowest BCUT2D eigenvalue weighted by Crippen LogP contribution is -2.37. The molecule has 10 heteroatoms. The van der Waals surface area contributed by atoms with Crippen LogP contribution >= 0.6 is 11.8 Å². The maximum atomic E-state index is 11.9. The molecule has 2 N–H and O–H groups in total. The SMILES string of the molecule is COc1cc2c(Nc3ccc(/C=C/C(=O)NCCSC)cc3)ncnc2cc1OCCCN1CCOCC1. The largest absolute Gasteiger partial charge is 0.493 e. The van der Waals surface area contributed by atoms with Gasteiger partial charge in [0, 0.05) is 55.1 Å². The third-order valence-corrected chi connectivity index (χ3v) is 6.72. The van der Waals surface area contributed by atoms with Crippen LogP contribution in [0.25, 0.3) is 17.0 Å². The van der Waals surface area contributed by atoms with Crippen LogP contribution in [0.2, 0.25) is 0 Å². The molecule has 0 radical (unpaired) electrons. The summed E-state index contributed by atoms with van der Waals surface area (Å²) in [4.78, 5) is 23.2. The zero-order valence-electron chi connectivity index (χ0n) is 21.9. The van der Waals surface area contributed by atoms with Crippen molar-refractivity contribution in [2.45, 2.75) is 6.42 Å². The number of hydrogen-bond acceptors (Lipinski definition) is 9. The molecule has 9 nitrogen and oxygen atoms in total. The second-order valence-electron chi connectivity index (χ2n) is 8.76. The number of aromatic nitrogens is 2. The van der Waals surface area contributed by atoms with Gasteiger partial charge in [-0.2, -0.15) is 11.8 Å². The Morgan fingerprint density at radius 3 is 2.74 bits per heavy atom. The average Bonchev–Trinajstić information content (AvgIpc) is 2.95. The summed E-state index contributed by atoms with van der Waals surface area (Å²) in [6.45, 7) is 5.78. The molecule has 1 fully saturated rings. The first-order valence-corrected chi connectivity index (χ1v) is 14.1. The van der Waals surface area contributed by atoms with Crippen molar-refractivity contribution >= 4 is 46.2 Å². The monoisotopic (exact) mass is 537 g/mol. The molecule has 2 heterocycles. The minimum Gasteiger partial charge on any atom is -0.493 e. The number of thioether (sulfide) groups is 1. The molecule has 4 rings (SSSR count). The number of carbonyl (C=O) groups is 1. The number of fused-ring (bicyclic) bond motifs is 1. The molecule has 0 bridgehead atoms. The number of morpholine rings is 1. The van der Waals surface area contributed by atoms with Crippen LogP contribution in [-0.4, -0.2) is 85.9 Å². The standard InChI is InChI=1S/C28H35N5O4S/c1-35-25-18-23-24(19-26(25)37-14-3-11-33-12-15-36-16-13-33)30-20-31-28(23)32-22-7-4-21(5-8-22)6-9-27(34)29-10-17-38-2/h4-9,18-20H,3,10-17H2,1-2H3,(H,29,34)(H,30,31,32)/b9-6+. The summed E-state index contributed by atoms with van der Waals surface area (Å²) in [5, 5.41) is 7.05. The van der Waals surface area contributed by atoms with Gasteiger partial charge in [0.25, 0.3) is 0 Å². The van der Waals surface area contributed by atoms with E-state index in [4.69, 9.17) is 14.2 Å². The van der Waals surface area contributed by atoms with Crippen LogP contribution in [0.5, 0.6) is 11.5 Å². The van der Waals surface area contributed by atoms with E-state index in [2.05, 4.69) is 25.5 Å². The Kier molecular flexibility index (Phi) is 10.6. The first-order chi connectivity index (χ1) is 18.7. The number of hydrogen-bond donors (Lipinski definition) is 2. The third kappa shape index (κ3) is 8.08. The number of amides is 1. The van der Waals surface area contributed by atoms with Crippen LogP contribution in [0.4, 0.5) is 11.5 Å². The maximum absolute atomic E-state index is 11.9. The summed E-state index contributed by atoms with van der Waals surface area (Å²) < 4.78 is 17.1. The minimum absolute atomic E-state index is 0.0943. The van der Waals surface area contributed by atoms with Gasteiger partial charge in [0.2, 0.25) is 5.91 Å². The van der Waals surface area contributed by atoms with E-state index in [0.717, 1.165) is 67.2 Å². The second kappa shape index (κ2) is 14.6. The van der Waals surface area contributed by atoms with E-state index in [1.54, 1.807) is 31.0 Å². The van der Waals surface area contributed by atoms with Gasteiger partial charge >= 0.3 is 0 Å². The Morgan fingerprint density at radius 1 is 1.16 bits per heavy atom. The maximum Gasteiger partial charge on any atom is 0.244 e. The first-order valence-electron chi connectivity index (χ1n) is 12.7. The van der Waals surface area contributed by atoms with E-state index < -0.39 is 0 Å². The molecule has 3 aromatic rings. The van der Waals surface area contributed by atoms with Crippen molar-refractivity contribution in [3.05, 3.63) is 54.4 Å². The minimum atomic E-state index is -0.0943. The lowest BCUT2D eigenvalue weighted by atomic mass is 10.1. The molecular formula is C28H35N5O4S. The van der Waals surface area contributed by atoms with E-state index in [0.29, 0.717) is 30.5 Å². The van der Waals surface area contributed by atoms with Gasteiger partial charge in [0.05, 0.1) is 32.4 Å². The van der Waals surface area contributed by atoms with Gasteiger partial charge in [-0.05, 0) is 42.5 Å². The van der Waals surface area contributed by atoms with Crippen LogP contribution in [0, 0.1) is 0 Å². The number of ether oxygens (including phenoxy) is 3. The topological polar surface area (TPSA) is 97.8 Å². The Hall–Kier alpha value is -3.34. The van der Waals surface area contributed by atoms with E-state index in [1.807, 2.05) is 42.7 Å². The highest BCUT2D eigenvalue weighted by Gasteiger charge is 2.13. The van der Waals surface area contributed by atoms with Crippen LogP contribution < -0.4 is 20.1 Å². The van der Waals surface area contributed by atoms with Crippen molar-refractivity contribution in [3.63, 3.8) is 0 Å². The predicted molar refractivity (Wildman–Crippen MR) is 154 cm³/mol. The highest BCUT2D eigenvalue weighted by Crippen LogP contribution is 2.34. The second-order valence-corrected chi connectivity index (χ2v) is 9.75. The zero-order chi connectivity index (χ0) is 26.6. The average molecular weight is 538 g/mol. The van der Waals surface area contributed by atoms with E-state index in [9.17, 15) is 4.79 Å². The number of nitrogens with zero attached hydrogens (tertiary/aromatic N) is 3. The predicted octanol–water partition coefficient (Wildman–Crippen LogP) is 3.98. The van der Waals surface area contributed by atoms with Crippen LogP contribution in [-0.2, 0) is 9.53 Å². The molecule has 1 saturated heterocycles. The lowest BCUT2D eigenvalue weighted by Gasteiger charge is -2.26. The summed E-state index contributed by atoms with van der Waals surface area (Å²) >= 11 is 1.70. The molecule has 1 aromatic heterocycles. The van der Waals surface area contributed by atoms with Gasteiger partial charge in [-0.1, -0.05) is 12.1 Å². The van der Waals surface area contributed by atoms with Crippen molar-refractivity contribution in [1.82, 2.24) is 20.2 Å².